The monoisotopic (exact) mass is 230 g/mol. The molecule has 0 spiro atoms. The molecule has 0 radical (unpaired) electrons. The van der Waals surface area contributed by atoms with Crippen molar-refractivity contribution in [3.05, 3.63) is 46.1 Å². The first-order valence-electron chi connectivity index (χ1n) is 4.92. The van der Waals surface area contributed by atoms with Crippen molar-refractivity contribution in [1.29, 1.82) is 0 Å². The number of nitrogens with zero attached hydrogens (tertiary/aromatic N) is 3. The van der Waals surface area contributed by atoms with E-state index in [0.717, 1.165) is 5.56 Å². The largest absolute Gasteiger partial charge is 0.383 e. The van der Waals surface area contributed by atoms with Crippen LogP contribution < -0.4 is 5.73 Å². The lowest BCUT2D eigenvalue weighted by Gasteiger charge is -2.03. The number of aromatic nitrogens is 2. The number of hydrogen-bond acceptors (Lipinski definition) is 5. The van der Waals surface area contributed by atoms with E-state index in [4.69, 9.17) is 5.73 Å². The molecule has 1 aromatic carbocycles. The molecule has 0 bridgehead atoms. The quantitative estimate of drug-likeness (QED) is 0.628. The lowest BCUT2D eigenvalue weighted by Crippen LogP contribution is -2.00. The Labute approximate surface area is 97.3 Å². The Balaban J connectivity index is 2.60. The standard InChI is InChI=1S/C11H10N4O2/c1-7-6-13-11(14-10(7)12)8-4-2-3-5-9(8)15(16)17/h2-6H,1H3,(H2,12,13,14). The molecule has 0 atom stereocenters. The average molecular weight is 230 g/mol. The Morgan fingerprint density at radius 3 is 2.71 bits per heavy atom. The van der Waals surface area contributed by atoms with Crippen LogP contribution in [-0.2, 0) is 0 Å². The van der Waals surface area contributed by atoms with Gasteiger partial charge in [-0.15, -0.1) is 0 Å². The zero-order valence-corrected chi connectivity index (χ0v) is 9.12. The van der Waals surface area contributed by atoms with Gasteiger partial charge in [0.05, 0.1) is 10.5 Å². The minimum atomic E-state index is -0.464. The highest BCUT2D eigenvalue weighted by molar-refractivity contribution is 5.68. The Morgan fingerprint density at radius 2 is 2.06 bits per heavy atom. The summed E-state index contributed by atoms with van der Waals surface area (Å²) >= 11 is 0. The zero-order chi connectivity index (χ0) is 12.4. The summed E-state index contributed by atoms with van der Waals surface area (Å²) in [4.78, 5) is 18.5. The highest BCUT2D eigenvalue weighted by Gasteiger charge is 2.16. The van der Waals surface area contributed by atoms with Gasteiger partial charge in [-0.25, -0.2) is 9.97 Å². The molecule has 86 valence electrons. The molecule has 0 aliphatic carbocycles. The molecule has 17 heavy (non-hydrogen) atoms. The second kappa shape index (κ2) is 4.17. The van der Waals surface area contributed by atoms with E-state index in [1.807, 2.05) is 0 Å². The van der Waals surface area contributed by atoms with Crippen molar-refractivity contribution in [3.63, 3.8) is 0 Å². The van der Waals surface area contributed by atoms with E-state index < -0.39 is 4.92 Å². The molecular weight excluding hydrogens is 220 g/mol. The number of nitro benzene ring substituents is 1. The van der Waals surface area contributed by atoms with E-state index in [1.165, 1.54) is 6.07 Å². The molecule has 0 aliphatic rings. The highest BCUT2D eigenvalue weighted by Crippen LogP contribution is 2.27. The van der Waals surface area contributed by atoms with Gasteiger partial charge in [-0.05, 0) is 13.0 Å². The van der Waals surface area contributed by atoms with Gasteiger partial charge in [0.15, 0.2) is 5.82 Å². The number of nitro groups is 1. The van der Waals surface area contributed by atoms with Crippen molar-refractivity contribution < 1.29 is 4.92 Å². The fraction of sp³-hybridized carbons (Fsp3) is 0.0909. The average Bonchev–Trinajstić information content (AvgIpc) is 2.32. The number of para-hydroxylation sites is 1. The molecule has 1 aromatic heterocycles. The molecule has 6 nitrogen and oxygen atoms in total. The fourth-order valence-corrected chi connectivity index (χ4v) is 1.41. The van der Waals surface area contributed by atoms with Crippen molar-refractivity contribution in [2.75, 3.05) is 5.73 Å². The second-order valence-electron chi connectivity index (χ2n) is 3.54. The third-order valence-electron chi connectivity index (χ3n) is 2.35. The van der Waals surface area contributed by atoms with Crippen LogP contribution in [0.25, 0.3) is 11.4 Å². The molecule has 2 N–H and O–H groups in total. The minimum Gasteiger partial charge on any atom is -0.383 e. The summed E-state index contributed by atoms with van der Waals surface area (Å²) in [5, 5.41) is 10.9. The first-order chi connectivity index (χ1) is 8.09. The van der Waals surface area contributed by atoms with Gasteiger partial charge < -0.3 is 5.73 Å². The summed E-state index contributed by atoms with van der Waals surface area (Å²) in [5.74, 6) is 0.591. The summed E-state index contributed by atoms with van der Waals surface area (Å²) < 4.78 is 0. The first kappa shape index (κ1) is 11.0. The molecule has 0 saturated heterocycles. The zero-order valence-electron chi connectivity index (χ0n) is 9.12. The molecule has 1 heterocycles. The van der Waals surface area contributed by atoms with Gasteiger partial charge >= 0.3 is 0 Å². The number of rotatable bonds is 2. The van der Waals surface area contributed by atoms with Crippen molar-refractivity contribution in [2.45, 2.75) is 6.92 Å². The van der Waals surface area contributed by atoms with Gasteiger partial charge in [0.25, 0.3) is 5.69 Å². The predicted molar refractivity (Wildman–Crippen MR) is 63.3 cm³/mol. The van der Waals surface area contributed by atoms with E-state index in [-0.39, 0.29) is 11.5 Å². The summed E-state index contributed by atoms with van der Waals surface area (Å²) in [6.07, 6.45) is 1.55. The van der Waals surface area contributed by atoms with Crippen LogP contribution in [0.3, 0.4) is 0 Å². The van der Waals surface area contributed by atoms with Crippen LogP contribution in [0, 0.1) is 17.0 Å². The van der Waals surface area contributed by atoms with Gasteiger partial charge in [-0.3, -0.25) is 10.1 Å². The van der Waals surface area contributed by atoms with Crippen molar-refractivity contribution >= 4 is 11.5 Å². The number of nitrogens with two attached hydrogens (primary N) is 1. The maximum Gasteiger partial charge on any atom is 0.280 e. The number of hydrogen-bond donors (Lipinski definition) is 1. The molecule has 6 heteroatoms. The van der Waals surface area contributed by atoms with Crippen LogP contribution in [0.1, 0.15) is 5.56 Å². The van der Waals surface area contributed by atoms with E-state index in [0.29, 0.717) is 11.4 Å². The first-order valence-corrected chi connectivity index (χ1v) is 4.92. The van der Waals surface area contributed by atoms with E-state index in [9.17, 15) is 10.1 Å². The molecule has 0 unspecified atom stereocenters. The molecule has 0 aliphatic heterocycles. The fourth-order valence-electron chi connectivity index (χ4n) is 1.41. The molecular formula is C11H10N4O2. The normalized spacial score (nSPS) is 10.2. The van der Waals surface area contributed by atoms with E-state index in [1.54, 1.807) is 31.3 Å². The van der Waals surface area contributed by atoms with Crippen LogP contribution in [0.5, 0.6) is 0 Å². The number of aryl methyl sites for hydroxylation is 1. The van der Waals surface area contributed by atoms with Crippen molar-refractivity contribution in [2.24, 2.45) is 0 Å². The smallest absolute Gasteiger partial charge is 0.280 e. The van der Waals surface area contributed by atoms with E-state index >= 15 is 0 Å². The number of anilines is 1. The second-order valence-corrected chi connectivity index (χ2v) is 3.54. The topological polar surface area (TPSA) is 94.9 Å². The maximum atomic E-state index is 10.9. The maximum absolute atomic E-state index is 10.9. The van der Waals surface area contributed by atoms with Crippen LogP contribution >= 0.6 is 0 Å². The third-order valence-corrected chi connectivity index (χ3v) is 2.35. The lowest BCUT2D eigenvalue weighted by molar-refractivity contribution is -0.384. The minimum absolute atomic E-state index is 0.0317. The number of benzene rings is 1. The Morgan fingerprint density at radius 1 is 1.35 bits per heavy atom. The van der Waals surface area contributed by atoms with Crippen LogP contribution in [-0.4, -0.2) is 14.9 Å². The third kappa shape index (κ3) is 2.05. The lowest BCUT2D eigenvalue weighted by atomic mass is 10.1. The van der Waals surface area contributed by atoms with E-state index in [2.05, 4.69) is 9.97 Å². The van der Waals surface area contributed by atoms with Crippen molar-refractivity contribution in [1.82, 2.24) is 9.97 Å². The Bertz CT molecular complexity index is 583. The molecule has 0 saturated carbocycles. The van der Waals surface area contributed by atoms with Gasteiger partial charge in [0, 0.05) is 17.8 Å². The SMILES string of the molecule is Cc1cnc(-c2ccccc2[N+](=O)[O-])nc1N. The summed E-state index contributed by atoms with van der Waals surface area (Å²) in [5.41, 5.74) is 6.74. The number of nitrogen functional groups attached to an aromatic ring is 1. The summed E-state index contributed by atoms with van der Waals surface area (Å²) in [6, 6.07) is 6.30. The molecule has 2 rings (SSSR count). The van der Waals surface area contributed by atoms with Gasteiger partial charge in [-0.1, -0.05) is 12.1 Å². The Hall–Kier alpha value is -2.50. The summed E-state index contributed by atoms with van der Waals surface area (Å²) in [6.45, 7) is 1.78. The predicted octanol–water partition coefficient (Wildman–Crippen LogP) is 1.94. The highest BCUT2D eigenvalue weighted by atomic mass is 16.6. The summed E-state index contributed by atoms with van der Waals surface area (Å²) in [7, 11) is 0. The molecule has 0 fully saturated rings. The molecule has 2 aromatic rings. The van der Waals surface area contributed by atoms with Gasteiger partial charge in [0.1, 0.15) is 5.82 Å². The molecule has 0 amide bonds. The van der Waals surface area contributed by atoms with Crippen molar-refractivity contribution in [3.8, 4) is 11.4 Å². The van der Waals surface area contributed by atoms with Crippen LogP contribution in [0.4, 0.5) is 11.5 Å². The van der Waals surface area contributed by atoms with Crippen LogP contribution in [0.15, 0.2) is 30.5 Å². The van der Waals surface area contributed by atoms with Crippen LogP contribution in [0.2, 0.25) is 0 Å². The van der Waals surface area contributed by atoms with Gasteiger partial charge in [-0.2, -0.15) is 0 Å². The van der Waals surface area contributed by atoms with Gasteiger partial charge in [0.2, 0.25) is 0 Å². The Kier molecular flexibility index (Phi) is 2.70.